The lowest BCUT2D eigenvalue weighted by atomic mass is 10.0. The summed E-state index contributed by atoms with van der Waals surface area (Å²) in [6.45, 7) is 0.00894. The number of non-ortho nitro benzene ring substituents is 1. The normalized spacial score (nSPS) is 18.9. The van der Waals surface area contributed by atoms with Crippen LogP contribution in [-0.4, -0.2) is 70.9 Å². The summed E-state index contributed by atoms with van der Waals surface area (Å²) in [4.78, 5) is 82.5. The molecule has 3 unspecified atom stereocenters. The Labute approximate surface area is 245 Å². The van der Waals surface area contributed by atoms with Gasteiger partial charge in [-0.05, 0) is 37.7 Å². The molecule has 1 aromatic rings. The molecule has 0 bridgehead atoms. The smallest absolute Gasteiger partial charge is 0.303 e. The number of ether oxygens (including phenoxy) is 1. The predicted octanol–water partition coefficient (Wildman–Crippen LogP) is -0.987. The maximum atomic E-state index is 13.3. The van der Waals surface area contributed by atoms with E-state index in [1.165, 1.54) is 0 Å². The van der Waals surface area contributed by atoms with E-state index in [0.29, 0.717) is 12.8 Å². The van der Waals surface area contributed by atoms with Crippen LogP contribution in [0.4, 0.5) is 5.69 Å². The monoisotopic (exact) mass is 602 g/mol. The van der Waals surface area contributed by atoms with Crippen molar-refractivity contribution in [1.82, 2.24) is 21.4 Å². The molecule has 0 radical (unpaired) electrons. The zero-order valence-corrected chi connectivity index (χ0v) is 22.8. The number of nitro groups is 1. The number of nitrogens with zero attached hydrogens (tertiary/aromatic N) is 1. The minimum absolute atomic E-state index is 0.0492. The van der Waals surface area contributed by atoms with E-state index in [4.69, 9.17) is 22.0 Å². The average Bonchev–Trinajstić information content (AvgIpc) is 2.96. The lowest BCUT2D eigenvalue weighted by molar-refractivity contribution is -0.384. The Balaban J connectivity index is 2.30. The molecule has 230 valence electrons. The SMILES string of the molecule is C#CC#COONCCCCC1NC(=O)C(CCC(=O)O)NC(=O)c2cc([N+](=O)[O-])ccc2OCCC(C(N)=O)NC1=O. The van der Waals surface area contributed by atoms with E-state index in [1.54, 1.807) is 0 Å². The summed E-state index contributed by atoms with van der Waals surface area (Å²) in [6, 6.07) is -0.737. The number of amides is 4. The molecule has 1 aliphatic heterocycles. The number of nitrogens with one attached hydrogen (secondary N) is 4. The fourth-order valence-electron chi connectivity index (χ4n) is 3.78. The lowest BCUT2D eigenvalue weighted by Crippen LogP contribution is -2.56. The van der Waals surface area contributed by atoms with E-state index < -0.39 is 64.8 Å². The van der Waals surface area contributed by atoms with Gasteiger partial charge in [0.2, 0.25) is 17.7 Å². The average molecular weight is 603 g/mol. The molecule has 2 rings (SSSR count). The summed E-state index contributed by atoms with van der Waals surface area (Å²) in [5, 5.41) is 27.8. The molecule has 1 aliphatic rings. The van der Waals surface area contributed by atoms with Crippen LogP contribution in [0.3, 0.4) is 0 Å². The number of hydrogen-bond acceptors (Lipinski definition) is 11. The maximum absolute atomic E-state index is 13.3. The first-order valence-electron chi connectivity index (χ1n) is 12.9. The number of carbonyl (C=O) groups is 5. The third kappa shape index (κ3) is 11.6. The van der Waals surface area contributed by atoms with E-state index >= 15 is 0 Å². The van der Waals surface area contributed by atoms with E-state index in [9.17, 15) is 34.1 Å². The first-order chi connectivity index (χ1) is 20.5. The molecule has 1 aromatic carbocycles. The van der Waals surface area contributed by atoms with Crippen molar-refractivity contribution >= 4 is 35.3 Å². The van der Waals surface area contributed by atoms with E-state index in [-0.39, 0.29) is 43.7 Å². The van der Waals surface area contributed by atoms with Crippen molar-refractivity contribution in [3.8, 4) is 30.1 Å². The maximum Gasteiger partial charge on any atom is 0.303 e. The number of terminal acetylenes is 1. The summed E-state index contributed by atoms with van der Waals surface area (Å²) >= 11 is 0. The number of carboxylic acids is 1. The lowest BCUT2D eigenvalue weighted by Gasteiger charge is -2.26. The number of carboxylic acid groups (broad SMARTS) is 1. The molecule has 43 heavy (non-hydrogen) atoms. The number of nitro benzene ring substituents is 1. The van der Waals surface area contributed by atoms with Gasteiger partial charge in [0.1, 0.15) is 23.9 Å². The predicted molar refractivity (Wildman–Crippen MR) is 145 cm³/mol. The molecular formula is C26H30N6O11. The molecule has 0 saturated carbocycles. The van der Waals surface area contributed by atoms with Gasteiger partial charge in [-0.3, -0.25) is 39.0 Å². The number of rotatable bonds is 12. The van der Waals surface area contributed by atoms with Crippen molar-refractivity contribution in [2.24, 2.45) is 5.73 Å². The van der Waals surface area contributed by atoms with Gasteiger partial charge in [0.15, 0.2) is 6.11 Å². The van der Waals surface area contributed by atoms with Gasteiger partial charge in [-0.1, -0.05) is 4.99 Å². The zero-order valence-electron chi connectivity index (χ0n) is 22.8. The van der Waals surface area contributed by atoms with Crippen LogP contribution in [0.2, 0.25) is 0 Å². The molecular weight excluding hydrogens is 572 g/mol. The van der Waals surface area contributed by atoms with Crippen molar-refractivity contribution in [2.45, 2.75) is 56.7 Å². The van der Waals surface area contributed by atoms with Gasteiger partial charge in [0.25, 0.3) is 11.6 Å². The van der Waals surface area contributed by atoms with Gasteiger partial charge in [0, 0.05) is 37.4 Å². The molecule has 0 saturated heterocycles. The second kappa shape index (κ2) is 17.4. The standard InChI is InChI=1S/C26H30N6O11/c1-2-3-13-42-43-28-12-5-4-6-19-25(37)29-18(23(27)35)11-14-41-21-9-7-16(32(39)40)15-17(21)24(36)30-20(26(38)31-19)8-10-22(33)34/h1,7,9,15,18-20,28H,4-6,8,10-12,14H2,(H2,27,35)(H,29,37)(H,30,36)(H,31,38)(H,33,34). The van der Waals surface area contributed by atoms with Crippen LogP contribution in [-0.2, 0) is 29.1 Å². The van der Waals surface area contributed by atoms with Gasteiger partial charge < -0.3 is 31.5 Å². The van der Waals surface area contributed by atoms with Crippen LogP contribution >= 0.6 is 0 Å². The number of aliphatic carboxylic acids is 1. The first kappa shape index (κ1) is 33.8. The molecule has 4 amide bonds. The fourth-order valence-corrected chi connectivity index (χ4v) is 3.78. The van der Waals surface area contributed by atoms with Crippen LogP contribution in [0.25, 0.3) is 0 Å². The third-order valence-electron chi connectivity index (χ3n) is 5.93. The Kier molecular flexibility index (Phi) is 13.7. The van der Waals surface area contributed by atoms with Crippen molar-refractivity contribution < 1.29 is 48.6 Å². The summed E-state index contributed by atoms with van der Waals surface area (Å²) in [5.41, 5.74) is 7.15. The second-order valence-corrected chi connectivity index (χ2v) is 8.99. The molecule has 0 fully saturated rings. The van der Waals surface area contributed by atoms with E-state index in [1.807, 2.05) is 5.92 Å². The zero-order chi connectivity index (χ0) is 31.8. The van der Waals surface area contributed by atoms with Gasteiger partial charge in [0.05, 0.1) is 17.1 Å². The largest absolute Gasteiger partial charge is 0.493 e. The first-order valence-corrected chi connectivity index (χ1v) is 12.9. The minimum Gasteiger partial charge on any atom is -0.493 e. The van der Waals surface area contributed by atoms with Gasteiger partial charge >= 0.3 is 5.97 Å². The summed E-state index contributed by atoms with van der Waals surface area (Å²) in [5.74, 6) is -0.723. The molecule has 3 atom stereocenters. The van der Waals surface area contributed by atoms with Crippen LogP contribution < -0.4 is 31.9 Å². The number of benzene rings is 1. The number of fused-ring (bicyclic) bond motifs is 1. The van der Waals surface area contributed by atoms with Crippen LogP contribution in [0.5, 0.6) is 5.75 Å². The van der Waals surface area contributed by atoms with Gasteiger partial charge in [-0.15, -0.1) is 6.42 Å². The number of primary amides is 1. The quantitative estimate of drug-likeness (QED) is 0.0555. The molecule has 17 heteroatoms. The summed E-state index contributed by atoms with van der Waals surface area (Å²) < 4.78 is 5.59. The number of hydroxylamine groups is 1. The molecule has 17 nitrogen and oxygen atoms in total. The third-order valence-corrected chi connectivity index (χ3v) is 5.93. The summed E-state index contributed by atoms with van der Waals surface area (Å²) in [6.07, 6.45) is 6.75. The topological polar surface area (TPSA) is 251 Å². The Hall–Kier alpha value is -5.39. The van der Waals surface area contributed by atoms with Crippen molar-refractivity contribution in [3.63, 3.8) is 0 Å². The molecule has 7 N–H and O–H groups in total. The number of carbonyl (C=O) groups excluding carboxylic acids is 4. The van der Waals surface area contributed by atoms with Crippen LogP contribution in [0.1, 0.15) is 48.9 Å². The second-order valence-electron chi connectivity index (χ2n) is 8.99. The van der Waals surface area contributed by atoms with Gasteiger partial charge in [-0.25, -0.2) is 0 Å². The summed E-state index contributed by atoms with van der Waals surface area (Å²) in [7, 11) is 0. The molecule has 0 spiro atoms. The Morgan fingerprint density at radius 1 is 1.16 bits per heavy atom. The van der Waals surface area contributed by atoms with E-state index in [0.717, 1.165) is 18.2 Å². The van der Waals surface area contributed by atoms with Crippen molar-refractivity contribution in [2.75, 3.05) is 13.2 Å². The Morgan fingerprint density at radius 3 is 2.56 bits per heavy atom. The fraction of sp³-hybridized carbons (Fsp3) is 0.423. The molecule has 1 heterocycles. The number of hydrogen-bond donors (Lipinski definition) is 6. The number of unbranched alkanes of at least 4 members (excludes halogenated alkanes) is 1. The number of nitrogens with two attached hydrogens (primary N) is 1. The van der Waals surface area contributed by atoms with Crippen molar-refractivity contribution in [1.29, 1.82) is 0 Å². The Morgan fingerprint density at radius 2 is 1.88 bits per heavy atom. The highest BCUT2D eigenvalue weighted by Gasteiger charge is 2.31. The highest BCUT2D eigenvalue weighted by molar-refractivity contribution is 6.01. The van der Waals surface area contributed by atoms with E-state index in [2.05, 4.69) is 43.3 Å². The minimum atomic E-state index is -1.46. The van der Waals surface area contributed by atoms with Crippen LogP contribution in [0, 0.1) is 34.5 Å². The van der Waals surface area contributed by atoms with Crippen molar-refractivity contribution in [3.05, 3.63) is 33.9 Å². The Bertz CT molecular complexity index is 1320. The van der Waals surface area contributed by atoms with Gasteiger partial charge in [-0.2, -0.15) is 5.48 Å². The highest BCUT2D eigenvalue weighted by atomic mass is 17.3. The molecule has 0 aromatic heterocycles. The highest BCUT2D eigenvalue weighted by Crippen LogP contribution is 2.25. The molecule has 0 aliphatic carbocycles. The van der Waals surface area contributed by atoms with Crippen LogP contribution in [0.15, 0.2) is 18.2 Å².